The highest BCUT2D eigenvalue weighted by Gasteiger charge is 2.19. The summed E-state index contributed by atoms with van der Waals surface area (Å²) in [6, 6.07) is 8.58. The number of para-hydroxylation sites is 1. The number of hydrogen-bond acceptors (Lipinski definition) is 0. The molecule has 0 aliphatic heterocycles. The van der Waals surface area contributed by atoms with Gasteiger partial charge in [0.1, 0.15) is 0 Å². The highest BCUT2D eigenvalue weighted by atomic mass is 14.9. The zero-order valence-electron chi connectivity index (χ0n) is 14.7. The first-order valence-corrected chi connectivity index (χ1v) is 8.39. The van der Waals surface area contributed by atoms with Gasteiger partial charge in [-0.1, -0.05) is 56.4 Å². The van der Waals surface area contributed by atoms with Crippen LogP contribution in [0.25, 0.3) is 40.3 Å². The minimum Gasteiger partial charge on any atom is -0.389 e. The van der Waals surface area contributed by atoms with E-state index >= 15 is 0 Å². The van der Waals surface area contributed by atoms with E-state index in [0.29, 0.717) is 0 Å². The van der Waals surface area contributed by atoms with Gasteiger partial charge in [-0.3, -0.25) is 0 Å². The molecule has 0 radical (unpaired) electrons. The van der Waals surface area contributed by atoms with Crippen LogP contribution >= 0.6 is 0 Å². The number of rotatable bonds is 4. The number of fused-ring (bicyclic) bond motifs is 1. The van der Waals surface area contributed by atoms with E-state index in [0.717, 1.165) is 12.8 Å². The molecule has 0 fully saturated rings. The maximum atomic E-state index is 4.08. The quantitative estimate of drug-likeness (QED) is 0.710. The van der Waals surface area contributed by atoms with E-state index in [1.165, 1.54) is 38.6 Å². The first-order valence-electron chi connectivity index (χ1n) is 8.39. The lowest BCUT2D eigenvalue weighted by Gasteiger charge is -2.06. The molecule has 3 aromatic rings. The van der Waals surface area contributed by atoms with Gasteiger partial charge in [0.05, 0.1) is 0 Å². The summed E-state index contributed by atoms with van der Waals surface area (Å²) in [5.41, 5.74) is 6.07. The fourth-order valence-corrected chi connectivity index (χ4v) is 3.65. The Bertz CT molecular complexity index is 1050. The van der Waals surface area contributed by atoms with Crippen LogP contribution in [0.4, 0.5) is 0 Å². The molecule has 3 rings (SSSR count). The number of aromatic nitrogens is 2. The van der Waals surface area contributed by atoms with E-state index in [1.807, 2.05) is 12.2 Å². The van der Waals surface area contributed by atoms with Gasteiger partial charge in [0.2, 0.25) is 7.41 Å². The average Bonchev–Trinajstić information content (AvgIpc) is 3.08. The minimum absolute atomic E-state index is 0.915. The van der Waals surface area contributed by atoms with E-state index in [4.69, 9.17) is 0 Å². The number of H-pyrrole nitrogens is 1. The van der Waals surface area contributed by atoms with Gasteiger partial charge >= 0.3 is 0 Å². The Kier molecular flexibility index (Phi) is 4.35. The van der Waals surface area contributed by atoms with Gasteiger partial charge in [-0.2, -0.15) is 0 Å². The number of aryl methyl sites for hydroxylation is 1. The molecule has 1 N–H and O–H groups in total. The normalized spacial score (nSPS) is 12.8. The fourth-order valence-electron chi connectivity index (χ4n) is 3.65. The Morgan fingerprint density at radius 1 is 1.17 bits per heavy atom. The molecule has 0 unspecified atom stereocenters. The van der Waals surface area contributed by atoms with Crippen LogP contribution in [-0.4, -0.2) is 16.9 Å². The molecule has 0 aliphatic rings. The van der Waals surface area contributed by atoms with E-state index in [2.05, 4.69) is 79.7 Å². The molecule has 2 aromatic heterocycles. The number of benzene rings is 1. The van der Waals surface area contributed by atoms with Crippen molar-refractivity contribution in [3.8, 4) is 11.1 Å². The monoisotopic (exact) mass is 314 g/mol. The molecule has 2 heterocycles. The molecule has 1 aromatic carbocycles. The van der Waals surface area contributed by atoms with Crippen molar-refractivity contribution in [2.75, 3.05) is 0 Å². The highest BCUT2D eigenvalue weighted by molar-refractivity contribution is 6.35. The van der Waals surface area contributed by atoms with E-state index in [9.17, 15) is 0 Å². The van der Waals surface area contributed by atoms with Crippen molar-refractivity contribution in [1.82, 2.24) is 9.46 Å². The van der Waals surface area contributed by atoms with Crippen molar-refractivity contribution in [2.24, 2.45) is 0 Å². The van der Waals surface area contributed by atoms with Crippen LogP contribution < -0.4 is 10.6 Å². The number of allylic oxidation sites excluding steroid dienone is 1. The topological polar surface area (TPSA) is 20.7 Å². The fraction of sp³-hybridized carbons (Fsp3) is 0.143. The van der Waals surface area contributed by atoms with Crippen LogP contribution in [0.15, 0.2) is 43.5 Å². The Morgan fingerprint density at radius 2 is 1.92 bits per heavy atom. The molecule has 0 bridgehead atoms. The molecule has 0 spiro atoms. The molecule has 0 aliphatic carbocycles. The summed E-state index contributed by atoms with van der Waals surface area (Å²) in [5, 5.41) is 3.58. The summed E-state index contributed by atoms with van der Waals surface area (Å²) >= 11 is 0. The third-order valence-electron chi connectivity index (χ3n) is 4.60. The summed E-state index contributed by atoms with van der Waals surface area (Å²) in [5.74, 6) is 0. The van der Waals surface area contributed by atoms with Crippen molar-refractivity contribution in [3.05, 3.63) is 65.5 Å². The van der Waals surface area contributed by atoms with Crippen LogP contribution in [0.5, 0.6) is 0 Å². The highest BCUT2D eigenvalue weighted by Crippen LogP contribution is 2.34. The Labute approximate surface area is 143 Å². The van der Waals surface area contributed by atoms with Crippen LogP contribution in [0, 0.1) is 6.92 Å². The molecule has 0 saturated carbocycles. The van der Waals surface area contributed by atoms with Crippen molar-refractivity contribution in [3.63, 3.8) is 0 Å². The van der Waals surface area contributed by atoms with Gasteiger partial charge in [0, 0.05) is 44.0 Å². The lowest BCUT2D eigenvalue weighted by atomic mass is 9.97. The first kappa shape index (κ1) is 16.2. The Hall–Kier alpha value is -2.68. The van der Waals surface area contributed by atoms with E-state index < -0.39 is 0 Å². The molecular formula is C21H23BN2. The third kappa shape index (κ3) is 2.28. The molecule has 0 atom stereocenters. The lowest BCUT2D eigenvalue weighted by molar-refractivity contribution is 1.21. The minimum atomic E-state index is 0.915. The van der Waals surface area contributed by atoms with Crippen LogP contribution in [0.3, 0.4) is 0 Å². The zero-order valence-corrected chi connectivity index (χ0v) is 14.7. The molecule has 3 heteroatoms. The second-order valence-corrected chi connectivity index (χ2v) is 5.87. The average molecular weight is 314 g/mol. The second-order valence-electron chi connectivity index (χ2n) is 5.87. The summed E-state index contributed by atoms with van der Waals surface area (Å²) in [6.45, 7) is 14.3. The van der Waals surface area contributed by atoms with Gasteiger partial charge in [0.25, 0.3) is 0 Å². The first-order chi connectivity index (χ1) is 11.7. The summed E-state index contributed by atoms with van der Waals surface area (Å²) < 4.78 is 2.33. The van der Waals surface area contributed by atoms with Gasteiger partial charge < -0.3 is 9.46 Å². The van der Waals surface area contributed by atoms with Crippen LogP contribution in [0.1, 0.15) is 18.3 Å². The van der Waals surface area contributed by atoms with Crippen molar-refractivity contribution in [2.45, 2.75) is 20.7 Å². The molecule has 2 nitrogen and oxygen atoms in total. The van der Waals surface area contributed by atoms with Crippen molar-refractivity contribution >= 4 is 36.5 Å². The lowest BCUT2D eigenvalue weighted by Crippen LogP contribution is -2.23. The molecular weight excluding hydrogens is 291 g/mol. The van der Waals surface area contributed by atoms with E-state index in [-0.39, 0.29) is 0 Å². The van der Waals surface area contributed by atoms with Gasteiger partial charge in [-0.05, 0) is 26.0 Å². The van der Waals surface area contributed by atoms with Gasteiger partial charge in [-0.25, -0.2) is 0 Å². The smallest absolute Gasteiger partial charge is 0.239 e. The SMILES string of the molecule is C=C/C=c1/c(-c2c(C=C)n(BC)c3ccccc23)c(C)[nH]/c1=C/C. The molecule has 0 saturated heterocycles. The van der Waals surface area contributed by atoms with Crippen LogP contribution in [-0.2, 0) is 0 Å². The van der Waals surface area contributed by atoms with Gasteiger partial charge in [0.15, 0.2) is 0 Å². The van der Waals surface area contributed by atoms with E-state index in [1.54, 1.807) is 0 Å². The molecule has 120 valence electrons. The summed E-state index contributed by atoms with van der Waals surface area (Å²) in [4.78, 5) is 3.51. The Morgan fingerprint density at radius 3 is 2.54 bits per heavy atom. The maximum absolute atomic E-state index is 4.08. The standard InChI is InChI=1S/C21H23BN2/c1-6-11-15-17(7-2)23-14(4)20(15)21-16-12-9-10-13-19(16)24(22-5)18(21)8-3/h6-13,22-23H,1,3H2,2,4-5H3/b15-11+,17-7+. The second kappa shape index (κ2) is 6.44. The predicted molar refractivity (Wildman–Crippen MR) is 109 cm³/mol. The number of nitrogens with zero attached hydrogens (tertiary/aromatic N) is 1. The van der Waals surface area contributed by atoms with Crippen LogP contribution in [0.2, 0.25) is 6.82 Å². The maximum Gasteiger partial charge on any atom is 0.239 e. The summed E-state index contributed by atoms with van der Waals surface area (Å²) in [7, 11) is 0.915. The van der Waals surface area contributed by atoms with Crippen molar-refractivity contribution < 1.29 is 0 Å². The molecule has 0 amide bonds. The predicted octanol–water partition coefficient (Wildman–Crippen LogP) is 3.60. The van der Waals surface area contributed by atoms with Gasteiger partial charge in [-0.15, -0.1) is 0 Å². The third-order valence-corrected chi connectivity index (χ3v) is 4.60. The molecule has 24 heavy (non-hydrogen) atoms. The number of aromatic amines is 1. The largest absolute Gasteiger partial charge is 0.389 e. The number of hydrogen-bond donors (Lipinski definition) is 1. The summed E-state index contributed by atoms with van der Waals surface area (Å²) in [6.07, 6.45) is 8.02. The zero-order chi connectivity index (χ0) is 17.3. The Balaban J connectivity index is 2.58. The number of nitrogens with one attached hydrogen (secondary N) is 1. The van der Waals surface area contributed by atoms with Crippen molar-refractivity contribution in [1.29, 1.82) is 0 Å².